The van der Waals surface area contributed by atoms with Crippen LogP contribution in [0.2, 0.25) is 0 Å². The van der Waals surface area contributed by atoms with Crippen LogP contribution < -0.4 is 4.52 Å². The Balaban J connectivity index is 3.18. The second kappa shape index (κ2) is 4.80. The Morgan fingerprint density at radius 3 is 2.56 bits per heavy atom. The lowest BCUT2D eigenvalue weighted by Gasteiger charge is -2.07. The van der Waals surface area contributed by atoms with Crippen LogP contribution in [0, 0.1) is 10.1 Å². The zero-order valence-corrected chi connectivity index (χ0v) is 9.39. The maximum absolute atomic E-state index is 10.6. The fourth-order valence-corrected chi connectivity index (χ4v) is 1.57. The first kappa shape index (κ1) is 12.9. The number of halogens is 1. The number of nitro groups is 1. The molecule has 0 saturated carbocycles. The predicted molar refractivity (Wildman–Crippen MR) is 55.3 cm³/mol. The molecule has 0 aromatic heterocycles. The number of hydrogen-bond donors (Lipinski definition) is 2. The fourth-order valence-electron chi connectivity index (χ4n) is 0.994. The number of phosphoric ester groups is 1. The van der Waals surface area contributed by atoms with Crippen molar-refractivity contribution < 1.29 is 23.8 Å². The molecule has 9 heteroatoms. The molecule has 7 nitrogen and oxygen atoms in total. The van der Waals surface area contributed by atoms with Gasteiger partial charge in [0.05, 0.1) is 4.92 Å². The third-order valence-electron chi connectivity index (χ3n) is 1.59. The van der Waals surface area contributed by atoms with Crippen LogP contribution in [0.4, 0.5) is 5.69 Å². The summed E-state index contributed by atoms with van der Waals surface area (Å²) in [6.07, 6.45) is 0. The Bertz CT molecular complexity index is 458. The van der Waals surface area contributed by atoms with Crippen LogP contribution in [-0.2, 0) is 10.4 Å². The molecule has 1 aromatic carbocycles. The fraction of sp³-hybridized carbons (Fsp3) is 0.143. The minimum absolute atomic E-state index is 0.0526. The van der Waals surface area contributed by atoms with E-state index in [0.29, 0.717) is 5.56 Å². The van der Waals surface area contributed by atoms with Gasteiger partial charge in [0, 0.05) is 11.9 Å². The highest BCUT2D eigenvalue weighted by atomic mass is 35.5. The van der Waals surface area contributed by atoms with Gasteiger partial charge in [-0.05, 0) is 11.6 Å². The summed E-state index contributed by atoms with van der Waals surface area (Å²) in [5.74, 6) is -0.441. The molecule has 0 radical (unpaired) electrons. The van der Waals surface area contributed by atoms with Crippen LogP contribution >= 0.6 is 19.4 Å². The number of phosphoric acid groups is 1. The van der Waals surface area contributed by atoms with Gasteiger partial charge in [-0.25, -0.2) is 4.57 Å². The molecule has 88 valence electrons. The minimum Gasteiger partial charge on any atom is -0.397 e. The highest BCUT2D eigenvalue weighted by Crippen LogP contribution is 2.41. The average molecular weight is 268 g/mol. The van der Waals surface area contributed by atoms with Gasteiger partial charge in [-0.1, -0.05) is 6.07 Å². The van der Waals surface area contributed by atoms with Crippen molar-refractivity contribution in [2.24, 2.45) is 0 Å². The average Bonchev–Trinajstić information content (AvgIpc) is 2.15. The minimum atomic E-state index is -4.82. The van der Waals surface area contributed by atoms with Crippen LogP contribution in [0.5, 0.6) is 5.75 Å². The zero-order valence-electron chi connectivity index (χ0n) is 7.74. The normalized spacial score (nSPS) is 11.2. The highest BCUT2D eigenvalue weighted by Gasteiger charge is 2.23. The lowest BCUT2D eigenvalue weighted by Crippen LogP contribution is -1.97. The number of rotatable bonds is 4. The largest absolute Gasteiger partial charge is 0.525 e. The number of benzene rings is 1. The van der Waals surface area contributed by atoms with Gasteiger partial charge < -0.3 is 4.52 Å². The van der Waals surface area contributed by atoms with E-state index >= 15 is 0 Å². The van der Waals surface area contributed by atoms with Gasteiger partial charge in [-0.3, -0.25) is 19.9 Å². The molecule has 0 saturated heterocycles. The zero-order chi connectivity index (χ0) is 12.3. The van der Waals surface area contributed by atoms with Gasteiger partial charge in [-0.15, -0.1) is 11.6 Å². The Labute approximate surface area is 95.0 Å². The third-order valence-corrected chi connectivity index (χ3v) is 2.33. The molecule has 0 aliphatic heterocycles. The monoisotopic (exact) mass is 267 g/mol. The van der Waals surface area contributed by atoms with Gasteiger partial charge in [0.2, 0.25) is 5.75 Å². The number of alkyl halides is 1. The van der Waals surface area contributed by atoms with E-state index < -0.39 is 24.2 Å². The van der Waals surface area contributed by atoms with E-state index in [1.54, 1.807) is 0 Å². The Morgan fingerprint density at radius 2 is 2.12 bits per heavy atom. The molecule has 0 atom stereocenters. The molecule has 16 heavy (non-hydrogen) atoms. The van der Waals surface area contributed by atoms with Crippen molar-refractivity contribution >= 4 is 25.1 Å². The lowest BCUT2D eigenvalue weighted by molar-refractivity contribution is -0.385. The first-order chi connectivity index (χ1) is 7.33. The van der Waals surface area contributed by atoms with Gasteiger partial charge in [0.15, 0.2) is 0 Å². The summed E-state index contributed by atoms with van der Waals surface area (Å²) in [6, 6.07) is 3.57. The summed E-state index contributed by atoms with van der Waals surface area (Å²) in [7, 11) is -4.82. The smallest absolute Gasteiger partial charge is 0.397 e. The highest BCUT2D eigenvalue weighted by molar-refractivity contribution is 7.46. The quantitative estimate of drug-likeness (QED) is 0.372. The maximum atomic E-state index is 10.6. The van der Waals surface area contributed by atoms with E-state index in [0.717, 1.165) is 12.1 Å². The van der Waals surface area contributed by atoms with Crippen molar-refractivity contribution in [3.8, 4) is 5.75 Å². The standard InChI is InChI=1S/C7H7ClNO6P/c8-4-5-1-2-7(15-16(12,13)14)6(3-5)9(10)11/h1-3H,4H2,(H2,12,13,14). The second-order valence-electron chi connectivity index (χ2n) is 2.77. The molecule has 0 fully saturated rings. The van der Waals surface area contributed by atoms with E-state index in [2.05, 4.69) is 4.52 Å². The van der Waals surface area contributed by atoms with Crippen LogP contribution in [0.3, 0.4) is 0 Å². The molecule has 1 aromatic rings. The molecule has 0 spiro atoms. The third kappa shape index (κ3) is 3.46. The van der Waals surface area contributed by atoms with Gasteiger partial charge in [-0.2, -0.15) is 0 Å². The van der Waals surface area contributed by atoms with E-state index in [4.69, 9.17) is 21.4 Å². The molecule has 0 aliphatic carbocycles. The van der Waals surface area contributed by atoms with E-state index in [-0.39, 0.29) is 5.88 Å². The number of hydrogen-bond acceptors (Lipinski definition) is 4. The van der Waals surface area contributed by atoms with Gasteiger partial charge in [0.1, 0.15) is 0 Å². The summed E-state index contributed by atoms with van der Waals surface area (Å²) in [5.41, 5.74) is -0.0899. The topological polar surface area (TPSA) is 110 Å². The Morgan fingerprint density at radius 1 is 1.50 bits per heavy atom. The van der Waals surface area contributed by atoms with Crippen LogP contribution in [0.1, 0.15) is 5.56 Å². The first-order valence-electron chi connectivity index (χ1n) is 3.92. The molecule has 1 rings (SSSR count). The van der Waals surface area contributed by atoms with Gasteiger partial charge in [0.25, 0.3) is 0 Å². The molecule has 2 N–H and O–H groups in total. The predicted octanol–water partition coefficient (Wildman–Crippen LogP) is 1.81. The Hall–Kier alpha value is -1.14. The van der Waals surface area contributed by atoms with Crippen molar-refractivity contribution in [1.29, 1.82) is 0 Å². The van der Waals surface area contributed by atoms with Crippen LogP contribution in [0.15, 0.2) is 18.2 Å². The molecule has 0 heterocycles. The molecule has 0 bridgehead atoms. The molecule has 0 unspecified atom stereocenters. The van der Waals surface area contributed by atoms with Crippen molar-refractivity contribution in [2.45, 2.75) is 5.88 Å². The van der Waals surface area contributed by atoms with Crippen LogP contribution in [0.25, 0.3) is 0 Å². The van der Waals surface area contributed by atoms with E-state index in [1.807, 2.05) is 0 Å². The lowest BCUT2D eigenvalue weighted by atomic mass is 10.2. The SMILES string of the molecule is O=[N+]([O-])c1cc(CCl)ccc1OP(=O)(O)O. The van der Waals surface area contributed by atoms with Crippen molar-refractivity contribution in [3.05, 3.63) is 33.9 Å². The maximum Gasteiger partial charge on any atom is 0.525 e. The van der Waals surface area contributed by atoms with E-state index in [9.17, 15) is 14.7 Å². The van der Waals surface area contributed by atoms with Crippen molar-refractivity contribution in [1.82, 2.24) is 0 Å². The first-order valence-corrected chi connectivity index (χ1v) is 5.98. The second-order valence-corrected chi connectivity index (χ2v) is 4.21. The van der Waals surface area contributed by atoms with Crippen molar-refractivity contribution in [2.75, 3.05) is 0 Å². The molecule has 0 amide bonds. The van der Waals surface area contributed by atoms with Crippen LogP contribution in [-0.4, -0.2) is 14.7 Å². The summed E-state index contributed by atoms with van der Waals surface area (Å²) in [5, 5.41) is 10.6. The summed E-state index contributed by atoms with van der Waals surface area (Å²) in [4.78, 5) is 26.9. The van der Waals surface area contributed by atoms with E-state index in [1.165, 1.54) is 6.07 Å². The molecule has 0 aliphatic rings. The van der Waals surface area contributed by atoms with Gasteiger partial charge >= 0.3 is 13.5 Å². The number of nitro benzene ring substituents is 1. The summed E-state index contributed by atoms with van der Waals surface area (Å²) in [6.45, 7) is 0. The molecular weight excluding hydrogens is 261 g/mol. The summed E-state index contributed by atoms with van der Waals surface area (Å²) >= 11 is 5.47. The Kier molecular flexibility index (Phi) is 3.88. The number of nitrogens with zero attached hydrogens (tertiary/aromatic N) is 1. The van der Waals surface area contributed by atoms with Crippen molar-refractivity contribution in [3.63, 3.8) is 0 Å². The summed E-state index contributed by atoms with van der Waals surface area (Å²) < 4.78 is 14.7. The molecular formula is C7H7ClNO6P.